The van der Waals surface area contributed by atoms with E-state index in [-0.39, 0.29) is 17.5 Å². The highest BCUT2D eigenvalue weighted by Crippen LogP contribution is 2.25. The first-order valence-corrected chi connectivity index (χ1v) is 9.62. The molecule has 1 aliphatic carbocycles. The fourth-order valence-electron chi connectivity index (χ4n) is 3.64. The van der Waals surface area contributed by atoms with Gasteiger partial charge in [0.1, 0.15) is 5.69 Å². The lowest BCUT2D eigenvalue weighted by Crippen LogP contribution is -2.41. The molecule has 0 saturated heterocycles. The highest BCUT2D eigenvalue weighted by atomic mass is 16.2. The standard InChI is InChI=1S/C21H27N3O2/c1-2-15-24-20(25)13-12-19(22-24)21(26)23(18-10-6-7-11-18)16-14-17-8-4-3-5-9-17/h3-5,8-9,12-13,18H,2,6-7,10-11,14-16H2,1H3. The molecule has 5 heteroatoms. The topological polar surface area (TPSA) is 55.2 Å². The van der Waals surface area contributed by atoms with Crippen molar-refractivity contribution in [2.24, 2.45) is 0 Å². The lowest BCUT2D eigenvalue weighted by atomic mass is 10.1. The van der Waals surface area contributed by atoms with Crippen molar-refractivity contribution in [2.45, 2.75) is 58.0 Å². The lowest BCUT2D eigenvalue weighted by molar-refractivity contribution is 0.0675. The lowest BCUT2D eigenvalue weighted by Gasteiger charge is -2.29. The van der Waals surface area contributed by atoms with E-state index in [1.165, 1.54) is 29.2 Å². The fourth-order valence-corrected chi connectivity index (χ4v) is 3.64. The first-order valence-electron chi connectivity index (χ1n) is 9.62. The molecule has 3 rings (SSSR count). The van der Waals surface area contributed by atoms with Crippen LogP contribution in [0.25, 0.3) is 0 Å². The van der Waals surface area contributed by atoms with Gasteiger partial charge in [0, 0.05) is 25.2 Å². The van der Waals surface area contributed by atoms with Crippen molar-refractivity contribution in [1.82, 2.24) is 14.7 Å². The van der Waals surface area contributed by atoms with Gasteiger partial charge in [-0.15, -0.1) is 0 Å². The Labute approximate surface area is 154 Å². The Morgan fingerprint density at radius 3 is 2.58 bits per heavy atom. The minimum atomic E-state index is -0.153. The van der Waals surface area contributed by atoms with E-state index in [2.05, 4.69) is 17.2 Å². The van der Waals surface area contributed by atoms with Crippen LogP contribution in [-0.2, 0) is 13.0 Å². The second kappa shape index (κ2) is 8.79. The van der Waals surface area contributed by atoms with E-state index in [0.29, 0.717) is 18.8 Å². The van der Waals surface area contributed by atoms with Gasteiger partial charge in [0.25, 0.3) is 11.5 Å². The van der Waals surface area contributed by atoms with Crippen molar-refractivity contribution in [3.63, 3.8) is 0 Å². The molecular weight excluding hydrogens is 326 g/mol. The molecule has 1 aromatic heterocycles. The maximum absolute atomic E-state index is 13.2. The summed E-state index contributed by atoms with van der Waals surface area (Å²) in [5.74, 6) is -0.0577. The molecule has 26 heavy (non-hydrogen) atoms. The summed E-state index contributed by atoms with van der Waals surface area (Å²) < 4.78 is 1.40. The number of amides is 1. The highest BCUT2D eigenvalue weighted by molar-refractivity contribution is 5.92. The van der Waals surface area contributed by atoms with Crippen LogP contribution in [0, 0.1) is 0 Å². The van der Waals surface area contributed by atoms with E-state index in [0.717, 1.165) is 25.7 Å². The van der Waals surface area contributed by atoms with Gasteiger partial charge in [0.15, 0.2) is 0 Å². The summed E-state index contributed by atoms with van der Waals surface area (Å²) in [7, 11) is 0. The Morgan fingerprint density at radius 2 is 1.88 bits per heavy atom. The number of aryl methyl sites for hydroxylation is 1. The van der Waals surface area contributed by atoms with Gasteiger partial charge in [-0.1, -0.05) is 50.1 Å². The first kappa shape index (κ1) is 18.4. The normalized spacial score (nSPS) is 14.5. The van der Waals surface area contributed by atoms with Crippen LogP contribution in [0.2, 0.25) is 0 Å². The van der Waals surface area contributed by atoms with Crippen LogP contribution in [0.1, 0.15) is 55.1 Å². The van der Waals surface area contributed by atoms with Crippen LogP contribution in [0.4, 0.5) is 0 Å². The van der Waals surface area contributed by atoms with Gasteiger partial charge >= 0.3 is 0 Å². The zero-order chi connectivity index (χ0) is 18.4. The molecule has 1 aromatic carbocycles. The maximum atomic E-state index is 13.2. The zero-order valence-electron chi connectivity index (χ0n) is 15.4. The molecule has 1 saturated carbocycles. The molecular formula is C21H27N3O2. The van der Waals surface area contributed by atoms with Crippen LogP contribution < -0.4 is 5.56 Å². The predicted molar refractivity (Wildman–Crippen MR) is 102 cm³/mol. The molecule has 138 valence electrons. The van der Waals surface area contributed by atoms with E-state index in [1.54, 1.807) is 6.07 Å². The largest absolute Gasteiger partial charge is 0.334 e. The van der Waals surface area contributed by atoms with Gasteiger partial charge < -0.3 is 4.90 Å². The summed E-state index contributed by atoms with van der Waals surface area (Å²) in [6.07, 6.45) is 6.08. The molecule has 0 unspecified atom stereocenters. The molecule has 2 aromatic rings. The number of carbonyl (C=O) groups excluding carboxylic acids is 1. The maximum Gasteiger partial charge on any atom is 0.274 e. The van der Waals surface area contributed by atoms with Crippen molar-refractivity contribution in [3.05, 3.63) is 64.1 Å². The quantitative estimate of drug-likeness (QED) is 0.767. The third-order valence-corrected chi connectivity index (χ3v) is 5.03. The van der Waals surface area contributed by atoms with E-state index < -0.39 is 0 Å². The molecule has 1 fully saturated rings. The average molecular weight is 353 g/mol. The van der Waals surface area contributed by atoms with Crippen molar-refractivity contribution in [3.8, 4) is 0 Å². The first-order chi connectivity index (χ1) is 12.7. The summed E-state index contributed by atoms with van der Waals surface area (Å²) in [5.41, 5.74) is 1.45. The molecule has 0 aliphatic heterocycles. The van der Waals surface area contributed by atoms with E-state index in [1.807, 2.05) is 30.0 Å². The third kappa shape index (κ3) is 4.40. The van der Waals surface area contributed by atoms with Crippen molar-refractivity contribution in [1.29, 1.82) is 0 Å². The summed E-state index contributed by atoms with van der Waals surface area (Å²) >= 11 is 0. The summed E-state index contributed by atoms with van der Waals surface area (Å²) in [6.45, 7) is 3.21. The molecule has 0 bridgehead atoms. The van der Waals surface area contributed by atoms with Crippen LogP contribution in [0.5, 0.6) is 0 Å². The number of hydrogen-bond donors (Lipinski definition) is 0. The minimum Gasteiger partial charge on any atom is -0.334 e. The van der Waals surface area contributed by atoms with Gasteiger partial charge in [-0.25, -0.2) is 4.68 Å². The van der Waals surface area contributed by atoms with Gasteiger partial charge in [-0.2, -0.15) is 5.10 Å². The smallest absolute Gasteiger partial charge is 0.274 e. The van der Waals surface area contributed by atoms with E-state index >= 15 is 0 Å². The summed E-state index contributed by atoms with van der Waals surface area (Å²) in [5, 5.41) is 4.32. The summed E-state index contributed by atoms with van der Waals surface area (Å²) in [4.78, 5) is 27.0. The summed E-state index contributed by atoms with van der Waals surface area (Å²) in [6, 6.07) is 13.6. The Kier molecular flexibility index (Phi) is 6.21. The minimum absolute atomic E-state index is 0.0577. The Hall–Kier alpha value is -2.43. The van der Waals surface area contributed by atoms with Gasteiger partial charge in [-0.3, -0.25) is 9.59 Å². The van der Waals surface area contributed by atoms with Gasteiger partial charge in [0.05, 0.1) is 0 Å². The molecule has 0 atom stereocenters. The van der Waals surface area contributed by atoms with Crippen molar-refractivity contribution >= 4 is 5.91 Å². The van der Waals surface area contributed by atoms with Crippen LogP contribution in [0.3, 0.4) is 0 Å². The molecule has 0 N–H and O–H groups in total. The number of hydrogen-bond acceptors (Lipinski definition) is 3. The Bertz CT molecular complexity index is 779. The number of nitrogens with zero attached hydrogens (tertiary/aromatic N) is 3. The zero-order valence-corrected chi connectivity index (χ0v) is 15.4. The number of benzene rings is 1. The number of rotatable bonds is 7. The molecule has 5 nitrogen and oxygen atoms in total. The molecule has 0 radical (unpaired) electrons. The Balaban J connectivity index is 1.80. The van der Waals surface area contributed by atoms with Crippen LogP contribution in [0.15, 0.2) is 47.3 Å². The van der Waals surface area contributed by atoms with Gasteiger partial charge in [-0.05, 0) is 37.3 Å². The van der Waals surface area contributed by atoms with E-state index in [9.17, 15) is 9.59 Å². The third-order valence-electron chi connectivity index (χ3n) is 5.03. The molecule has 1 heterocycles. The van der Waals surface area contributed by atoms with Crippen molar-refractivity contribution in [2.75, 3.05) is 6.54 Å². The van der Waals surface area contributed by atoms with Crippen molar-refractivity contribution < 1.29 is 4.79 Å². The second-order valence-electron chi connectivity index (χ2n) is 6.95. The number of aromatic nitrogens is 2. The fraction of sp³-hybridized carbons (Fsp3) is 0.476. The molecule has 1 aliphatic rings. The SMILES string of the molecule is CCCn1nc(C(=O)N(CCc2ccccc2)C2CCCC2)ccc1=O. The number of carbonyl (C=O) groups is 1. The molecule has 0 spiro atoms. The average Bonchev–Trinajstić information content (AvgIpc) is 3.19. The highest BCUT2D eigenvalue weighted by Gasteiger charge is 2.28. The monoisotopic (exact) mass is 353 g/mol. The predicted octanol–water partition coefficient (Wildman–Crippen LogP) is 3.28. The Morgan fingerprint density at radius 1 is 1.15 bits per heavy atom. The van der Waals surface area contributed by atoms with E-state index in [4.69, 9.17) is 0 Å². The van der Waals surface area contributed by atoms with Crippen LogP contribution >= 0.6 is 0 Å². The second-order valence-corrected chi connectivity index (χ2v) is 6.95. The van der Waals surface area contributed by atoms with Crippen LogP contribution in [-0.4, -0.2) is 33.2 Å². The van der Waals surface area contributed by atoms with Gasteiger partial charge in [0.2, 0.25) is 0 Å². The molecule has 1 amide bonds.